The Hall–Kier alpha value is -1.77. The zero-order valence-corrected chi connectivity index (χ0v) is 14.1. The van der Waals surface area contributed by atoms with Crippen molar-refractivity contribution in [2.24, 2.45) is 0 Å². The molecule has 0 bridgehead atoms. The largest absolute Gasteiger partial charge is 0.395 e. The fourth-order valence-corrected chi connectivity index (χ4v) is 2.47. The van der Waals surface area contributed by atoms with Crippen LogP contribution in [0.5, 0.6) is 0 Å². The number of hydrogen-bond donors (Lipinski definition) is 2. The van der Waals surface area contributed by atoms with Gasteiger partial charge in [-0.3, -0.25) is 15.0 Å². The maximum atomic E-state index is 13.8. The van der Waals surface area contributed by atoms with E-state index >= 15 is 0 Å². The van der Waals surface area contributed by atoms with Crippen LogP contribution in [-0.4, -0.2) is 40.8 Å². The minimum Gasteiger partial charge on any atom is -0.395 e. The number of aryl methyl sites for hydroxylation is 1. The third-order valence-corrected chi connectivity index (χ3v) is 3.57. The summed E-state index contributed by atoms with van der Waals surface area (Å²) in [5.74, 6) is -0.433. The van der Waals surface area contributed by atoms with E-state index in [4.69, 9.17) is 9.63 Å². The summed E-state index contributed by atoms with van der Waals surface area (Å²) in [4.78, 5) is 13.7. The molecular formula is C15H17BrFN3O3. The third-order valence-electron chi connectivity index (χ3n) is 3.08. The molecule has 0 unspecified atom stereocenters. The average Bonchev–Trinajstić information content (AvgIpc) is 2.88. The lowest BCUT2D eigenvalue weighted by Crippen LogP contribution is -2.35. The summed E-state index contributed by atoms with van der Waals surface area (Å²) in [5.41, 5.74) is 1.10. The van der Waals surface area contributed by atoms with Gasteiger partial charge in [-0.25, -0.2) is 4.39 Å². The van der Waals surface area contributed by atoms with E-state index in [1.54, 1.807) is 30.0 Å². The van der Waals surface area contributed by atoms with Crippen molar-refractivity contribution in [2.45, 2.75) is 13.5 Å². The van der Waals surface area contributed by atoms with Gasteiger partial charge in [-0.15, -0.1) is 0 Å². The number of hydrogen-bond acceptors (Lipinski definition) is 5. The maximum Gasteiger partial charge on any atom is 0.240 e. The lowest BCUT2D eigenvalue weighted by molar-refractivity contribution is -0.117. The van der Waals surface area contributed by atoms with E-state index < -0.39 is 0 Å². The number of benzene rings is 1. The normalized spacial score (nSPS) is 11.0. The molecule has 0 saturated heterocycles. The molecule has 2 rings (SSSR count). The quantitative estimate of drug-likeness (QED) is 0.764. The first kappa shape index (κ1) is 17.6. The second-order valence-corrected chi connectivity index (χ2v) is 5.97. The summed E-state index contributed by atoms with van der Waals surface area (Å²) in [6.45, 7) is 2.05. The second kappa shape index (κ2) is 8.19. The number of carbonyl (C=O) groups excluding carboxylic acids is 1. The fraction of sp³-hybridized carbons (Fsp3) is 0.333. The number of rotatable bonds is 7. The predicted octanol–water partition coefficient (Wildman–Crippen LogP) is 2.32. The number of nitrogens with zero attached hydrogens (tertiary/aromatic N) is 2. The molecule has 0 radical (unpaired) electrons. The zero-order valence-electron chi connectivity index (χ0n) is 12.6. The van der Waals surface area contributed by atoms with Crippen molar-refractivity contribution in [1.29, 1.82) is 0 Å². The van der Waals surface area contributed by atoms with E-state index in [2.05, 4.69) is 26.4 Å². The van der Waals surface area contributed by atoms with Gasteiger partial charge in [-0.05, 0) is 25.1 Å². The molecule has 6 nitrogen and oxygen atoms in total. The fourth-order valence-electron chi connectivity index (χ4n) is 2.06. The van der Waals surface area contributed by atoms with Crippen molar-refractivity contribution < 1.29 is 18.8 Å². The molecule has 2 N–H and O–H groups in total. The van der Waals surface area contributed by atoms with Crippen LogP contribution in [0, 0.1) is 12.7 Å². The molecule has 1 heterocycles. The molecule has 0 spiro atoms. The van der Waals surface area contributed by atoms with Gasteiger partial charge in [-0.1, -0.05) is 21.1 Å². The van der Waals surface area contributed by atoms with Gasteiger partial charge < -0.3 is 9.63 Å². The summed E-state index contributed by atoms with van der Waals surface area (Å²) in [6, 6.07) is 6.21. The van der Waals surface area contributed by atoms with Crippen LogP contribution in [0.3, 0.4) is 0 Å². The van der Waals surface area contributed by atoms with Gasteiger partial charge in [0.1, 0.15) is 5.82 Å². The lowest BCUT2D eigenvalue weighted by atomic mass is 10.2. The first-order valence-corrected chi connectivity index (χ1v) is 7.77. The highest BCUT2D eigenvalue weighted by molar-refractivity contribution is 9.10. The number of amides is 1. The van der Waals surface area contributed by atoms with Gasteiger partial charge in [-0.2, -0.15) is 0 Å². The smallest absolute Gasteiger partial charge is 0.240 e. The second-order valence-electron chi connectivity index (χ2n) is 5.05. The van der Waals surface area contributed by atoms with E-state index in [0.717, 1.165) is 4.47 Å². The van der Waals surface area contributed by atoms with Gasteiger partial charge >= 0.3 is 0 Å². The lowest BCUT2D eigenvalue weighted by Gasteiger charge is -2.20. The molecule has 23 heavy (non-hydrogen) atoms. The number of halogens is 2. The SMILES string of the molecule is Cc1cc(NC(=O)CN(CCO)Cc2cc(Br)ccc2F)on1. The molecule has 0 saturated carbocycles. The first-order chi connectivity index (χ1) is 11.0. The highest BCUT2D eigenvalue weighted by atomic mass is 79.9. The number of aliphatic hydroxyl groups is 1. The summed E-state index contributed by atoms with van der Waals surface area (Å²) >= 11 is 3.29. The van der Waals surface area contributed by atoms with E-state index in [9.17, 15) is 9.18 Å². The zero-order chi connectivity index (χ0) is 16.8. The van der Waals surface area contributed by atoms with Crippen LogP contribution < -0.4 is 5.32 Å². The van der Waals surface area contributed by atoms with Crippen LogP contribution in [0.25, 0.3) is 0 Å². The van der Waals surface area contributed by atoms with Gasteiger partial charge in [0.25, 0.3) is 0 Å². The van der Waals surface area contributed by atoms with Crippen LogP contribution in [0.4, 0.5) is 10.3 Å². The predicted molar refractivity (Wildman–Crippen MR) is 86.3 cm³/mol. The first-order valence-electron chi connectivity index (χ1n) is 6.98. The Balaban J connectivity index is 2.00. The van der Waals surface area contributed by atoms with Gasteiger partial charge in [0.2, 0.25) is 11.8 Å². The molecule has 0 fully saturated rings. The molecule has 1 amide bonds. The van der Waals surface area contributed by atoms with Crippen LogP contribution in [-0.2, 0) is 11.3 Å². The number of anilines is 1. The Morgan fingerprint density at radius 3 is 2.91 bits per heavy atom. The van der Waals surface area contributed by atoms with Crippen LogP contribution >= 0.6 is 15.9 Å². The van der Waals surface area contributed by atoms with E-state index in [-0.39, 0.29) is 43.8 Å². The summed E-state index contributed by atoms with van der Waals surface area (Å²) < 4.78 is 19.5. The highest BCUT2D eigenvalue weighted by Crippen LogP contribution is 2.17. The minimum absolute atomic E-state index is 0.00768. The van der Waals surface area contributed by atoms with Crippen molar-refractivity contribution in [1.82, 2.24) is 10.1 Å². The van der Waals surface area contributed by atoms with Crippen molar-refractivity contribution in [2.75, 3.05) is 25.0 Å². The number of nitrogens with one attached hydrogen (secondary N) is 1. The molecule has 0 aliphatic rings. The molecular weight excluding hydrogens is 369 g/mol. The van der Waals surface area contributed by atoms with Gasteiger partial charge in [0, 0.05) is 29.2 Å². The van der Waals surface area contributed by atoms with Crippen LogP contribution in [0.2, 0.25) is 0 Å². The Morgan fingerprint density at radius 2 is 2.26 bits per heavy atom. The monoisotopic (exact) mass is 385 g/mol. The van der Waals surface area contributed by atoms with Crippen LogP contribution in [0.15, 0.2) is 33.3 Å². The standard InChI is InChI=1S/C15H17BrFN3O3/c1-10-6-15(23-19-10)18-14(22)9-20(4-5-21)8-11-7-12(16)2-3-13(11)17/h2-3,6-7,21H,4-5,8-9H2,1H3,(H,18,22). The van der Waals surface area contributed by atoms with Gasteiger partial charge in [0.05, 0.1) is 18.8 Å². The molecule has 1 aromatic heterocycles. The van der Waals surface area contributed by atoms with Crippen molar-refractivity contribution in [3.05, 3.63) is 45.8 Å². The molecule has 124 valence electrons. The summed E-state index contributed by atoms with van der Waals surface area (Å²) in [7, 11) is 0. The van der Waals surface area contributed by atoms with Crippen LogP contribution in [0.1, 0.15) is 11.3 Å². The highest BCUT2D eigenvalue weighted by Gasteiger charge is 2.15. The van der Waals surface area contributed by atoms with E-state index in [0.29, 0.717) is 11.3 Å². The Kier molecular flexibility index (Phi) is 6.26. The van der Waals surface area contributed by atoms with Gasteiger partial charge in [0.15, 0.2) is 0 Å². The topological polar surface area (TPSA) is 78.6 Å². The molecule has 0 aliphatic carbocycles. The van der Waals surface area contributed by atoms with Crippen molar-refractivity contribution in [3.8, 4) is 0 Å². The summed E-state index contributed by atoms with van der Waals surface area (Å²) in [5, 5.41) is 15.4. The number of aromatic nitrogens is 1. The molecule has 8 heteroatoms. The Labute approximate surface area is 141 Å². The minimum atomic E-state index is -0.359. The maximum absolute atomic E-state index is 13.8. The number of carbonyl (C=O) groups is 1. The molecule has 0 atom stereocenters. The van der Waals surface area contributed by atoms with E-state index in [1.807, 2.05) is 0 Å². The van der Waals surface area contributed by atoms with E-state index in [1.165, 1.54) is 6.07 Å². The average molecular weight is 386 g/mol. The number of aliphatic hydroxyl groups excluding tert-OH is 1. The van der Waals surface area contributed by atoms with Crippen molar-refractivity contribution >= 4 is 27.7 Å². The Bertz CT molecular complexity index is 678. The summed E-state index contributed by atoms with van der Waals surface area (Å²) in [6.07, 6.45) is 0. The molecule has 1 aromatic carbocycles. The Morgan fingerprint density at radius 1 is 1.48 bits per heavy atom. The molecule has 2 aromatic rings. The van der Waals surface area contributed by atoms with Crippen molar-refractivity contribution in [3.63, 3.8) is 0 Å². The third kappa shape index (κ3) is 5.42. The molecule has 0 aliphatic heterocycles.